The number of rotatable bonds is 0. The first kappa shape index (κ1) is 22.9. The van der Waals surface area contributed by atoms with Gasteiger partial charge in [-0.25, -0.2) is 0 Å². The van der Waals surface area contributed by atoms with Gasteiger partial charge in [0.25, 0.3) is 5.09 Å². The van der Waals surface area contributed by atoms with E-state index in [0.717, 1.165) is 5.34 Å². The quantitative estimate of drug-likeness (QED) is 0.164. The summed E-state index contributed by atoms with van der Waals surface area (Å²) in [7, 11) is 0. The van der Waals surface area contributed by atoms with Crippen LogP contribution in [0.1, 0.15) is 0 Å². The van der Waals surface area contributed by atoms with E-state index in [1.807, 2.05) is 0 Å². The summed E-state index contributed by atoms with van der Waals surface area (Å²) in [5, 5.41) is 22.6. The Morgan fingerprint density at radius 2 is 1.31 bits per heavy atom. The third kappa shape index (κ3) is 8990. The second-order valence-corrected chi connectivity index (χ2v) is 2.16. The van der Waals surface area contributed by atoms with Crippen molar-refractivity contribution in [3.63, 3.8) is 0 Å². The molecule has 0 bridgehead atoms. The van der Waals surface area contributed by atoms with Crippen molar-refractivity contribution in [3.8, 4) is 0 Å². The van der Waals surface area contributed by atoms with E-state index in [0.29, 0.717) is 0 Å². The molecule has 0 aliphatic heterocycles. The van der Waals surface area contributed by atoms with E-state index >= 15 is 0 Å². The van der Waals surface area contributed by atoms with Crippen LogP contribution in [0.15, 0.2) is 5.34 Å². The molecule has 3 N–H and O–H groups in total. The summed E-state index contributed by atoms with van der Waals surface area (Å²) in [5.41, 5.74) is 0. The van der Waals surface area contributed by atoms with Gasteiger partial charge in [-0.15, -0.1) is 15.5 Å². The molecule has 0 aromatic rings. The molecule has 0 heterocycles. The normalized spacial score (nSPS) is 7.23. The van der Waals surface area contributed by atoms with E-state index in [4.69, 9.17) is 41.4 Å². The first-order chi connectivity index (χ1) is 5.15. The molecule has 11 nitrogen and oxygen atoms in total. The Kier molecular flexibility index (Phi) is 25.1. The van der Waals surface area contributed by atoms with Gasteiger partial charge in [-0.3, -0.25) is 0 Å². The van der Waals surface area contributed by atoms with Crippen LogP contribution in [0.25, 0.3) is 0 Å². The molecule has 13 heavy (non-hydrogen) atoms. The van der Waals surface area contributed by atoms with Crippen molar-refractivity contribution in [1.82, 2.24) is 0 Å². The Labute approximate surface area is 94.7 Å². The van der Waals surface area contributed by atoms with Gasteiger partial charge in [-0.05, 0) is 0 Å². The molecule has 74 valence electrons. The van der Waals surface area contributed by atoms with Crippen molar-refractivity contribution in [3.05, 3.63) is 20.2 Å². The van der Waals surface area contributed by atoms with Crippen molar-refractivity contribution in [2.45, 2.75) is 0 Å². The molecule has 0 unspecified atom stereocenters. The Morgan fingerprint density at radius 1 is 1.31 bits per heavy atom. The maximum absolute atomic E-state index is 8.82. The average Bonchev–Trinajstić information content (AvgIpc) is 1.56. The van der Waals surface area contributed by atoms with Crippen molar-refractivity contribution < 1.29 is 69.4 Å². The van der Waals surface area contributed by atoms with E-state index in [2.05, 4.69) is 0 Å². The van der Waals surface area contributed by atoms with Gasteiger partial charge in [0, 0.05) is 0 Å². The van der Waals surface area contributed by atoms with Crippen LogP contribution in [0.5, 0.6) is 0 Å². The van der Waals surface area contributed by atoms with E-state index in [9.17, 15) is 0 Å². The molecule has 0 aromatic carbocycles. The van der Waals surface area contributed by atoms with Crippen molar-refractivity contribution >= 4 is 0 Å². The van der Waals surface area contributed by atoms with Gasteiger partial charge in [-0.1, -0.05) is 0 Å². The molecule has 0 atom stereocenters. The molecule has 0 saturated heterocycles. The molecule has 13 heteroatoms. The standard InChI is InChI=1S/Cr.HNO3.HNO2.Na.2H2O.2O/c;2-1(3)4;2-1-3;;;;;/h;(H,2,3,4);(H,2,3);;2*1H2;;/q+2;;;+1;;;;/p-3. The summed E-state index contributed by atoms with van der Waals surface area (Å²) in [6, 6.07) is 0. The molecule has 0 spiro atoms. The zero-order valence-corrected chi connectivity index (χ0v) is 9.37. The average molecular weight is 250 g/mol. The fourth-order valence-electron chi connectivity index (χ4n) is 0. The molecule has 0 rings (SSSR count). The van der Waals surface area contributed by atoms with Gasteiger partial charge in [0.05, 0.1) is 0 Å². The molecule has 0 aromatic heterocycles. The van der Waals surface area contributed by atoms with Gasteiger partial charge in [0.2, 0.25) is 0 Å². The summed E-state index contributed by atoms with van der Waals surface area (Å²) in [6.45, 7) is 0. The van der Waals surface area contributed by atoms with Gasteiger partial charge >= 0.3 is 59.1 Å². The second kappa shape index (κ2) is 14.2. The van der Waals surface area contributed by atoms with E-state index in [1.54, 1.807) is 0 Å². The molecule has 0 fully saturated rings. The number of nitrogens with zero attached hydrogens (tertiary/aromatic N) is 2. The van der Waals surface area contributed by atoms with Crippen molar-refractivity contribution in [2.24, 2.45) is 5.34 Å². The predicted octanol–water partition coefficient (Wildman–Crippen LogP) is -4.45. The summed E-state index contributed by atoms with van der Waals surface area (Å²) >= 11 is -5.25. The Balaban J connectivity index is -0.0000000465. The van der Waals surface area contributed by atoms with Crippen LogP contribution in [0.2, 0.25) is 0 Å². The van der Waals surface area contributed by atoms with Crippen molar-refractivity contribution in [2.75, 3.05) is 0 Å². The zero-order chi connectivity index (χ0) is 10.8. The topological polar surface area (TPSA) is 190 Å². The van der Waals surface area contributed by atoms with E-state index in [1.165, 1.54) is 0 Å². The Hall–Kier alpha value is -0.348. The second-order valence-electron chi connectivity index (χ2n) is 0.760. The number of hydrogen-bond acceptors (Lipinski definition) is 7. The van der Waals surface area contributed by atoms with Crippen LogP contribution in [0.3, 0.4) is 0 Å². The molecule has 0 saturated carbocycles. The summed E-state index contributed by atoms with van der Waals surface area (Å²) in [4.78, 5) is 16.4. The van der Waals surface area contributed by atoms with E-state index < -0.39 is 18.7 Å². The molecule has 0 radical (unpaired) electrons. The van der Waals surface area contributed by atoms with Gasteiger partial charge in [0.1, 0.15) is 0 Å². The molecule has 0 aliphatic carbocycles. The fraction of sp³-hybridized carbons (Fsp3) is 0. The van der Waals surface area contributed by atoms with E-state index in [-0.39, 0.29) is 29.6 Å². The molecular formula is H3CrN2NaO9. The van der Waals surface area contributed by atoms with Crippen LogP contribution in [0.4, 0.5) is 0 Å². The first-order valence-electron chi connectivity index (χ1n) is 1.63. The van der Waals surface area contributed by atoms with Crippen LogP contribution in [-0.2, 0) is 21.2 Å². The molecular weight excluding hydrogens is 247 g/mol. The van der Waals surface area contributed by atoms with Crippen LogP contribution >= 0.6 is 0 Å². The van der Waals surface area contributed by atoms with Crippen molar-refractivity contribution in [1.29, 1.82) is 0 Å². The molecule has 0 aliphatic rings. The first-order valence-corrected chi connectivity index (χ1v) is 3.81. The summed E-state index contributed by atoms with van der Waals surface area (Å²) < 4.78 is 31.9. The van der Waals surface area contributed by atoms with Gasteiger partial charge in [0.15, 0.2) is 0 Å². The summed E-state index contributed by atoms with van der Waals surface area (Å²) in [6.07, 6.45) is 0. The maximum atomic E-state index is 8.82. The van der Waals surface area contributed by atoms with Gasteiger partial charge < -0.3 is 15.3 Å². The minimum atomic E-state index is -5.25. The monoisotopic (exact) mass is 250 g/mol. The SMILES string of the molecule is O=N[O-].O=[N+]([O-])O.[Na+].[O]=[Cr](=[O])([OH])[OH]. The fourth-order valence-corrected chi connectivity index (χ4v) is 0. The van der Waals surface area contributed by atoms with Gasteiger partial charge in [-0.2, -0.15) is 0 Å². The van der Waals surface area contributed by atoms with Crippen LogP contribution < -0.4 is 29.6 Å². The predicted molar refractivity (Wildman–Crippen MR) is 23.8 cm³/mol. The molecule has 0 amide bonds. The Bertz CT molecular complexity index is 194. The summed E-state index contributed by atoms with van der Waals surface area (Å²) in [5.74, 6) is 0. The van der Waals surface area contributed by atoms with Crippen LogP contribution in [-0.4, -0.2) is 18.6 Å². The third-order valence-corrected chi connectivity index (χ3v) is 0. The Morgan fingerprint density at radius 3 is 1.31 bits per heavy atom. The third-order valence-electron chi connectivity index (χ3n) is 0. The number of hydrogen-bond donors (Lipinski definition) is 3. The zero-order valence-electron chi connectivity index (χ0n) is 6.09. The van der Waals surface area contributed by atoms with Crippen LogP contribution in [0, 0.1) is 20.2 Å². The minimum absolute atomic E-state index is 0.